The van der Waals surface area contributed by atoms with Gasteiger partial charge in [-0.05, 0) is 13.8 Å². The fraction of sp³-hybridized carbons (Fsp3) is 0.800. The van der Waals surface area contributed by atoms with E-state index >= 15 is 0 Å². The van der Waals surface area contributed by atoms with Gasteiger partial charge in [0, 0.05) is 11.3 Å². The molecule has 0 bridgehead atoms. The SMILES string of the molecule is CC1(C)CN[CH]S1. The largest absolute Gasteiger partial charge is 0.302 e. The molecule has 1 rings (SSSR count). The quantitative estimate of drug-likeness (QED) is 0.510. The van der Waals surface area contributed by atoms with E-state index in [1.807, 2.05) is 11.8 Å². The zero-order valence-corrected chi connectivity index (χ0v) is 5.51. The van der Waals surface area contributed by atoms with E-state index in [0.29, 0.717) is 4.75 Å². The summed E-state index contributed by atoms with van der Waals surface area (Å²) in [6.45, 7) is 5.57. The van der Waals surface area contributed by atoms with E-state index in [1.54, 1.807) is 0 Å². The van der Waals surface area contributed by atoms with Crippen molar-refractivity contribution in [2.75, 3.05) is 6.54 Å². The van der Waals surface area contributed by atoms with Crippen LogP contribution in [0.2, 0.25) is 0 Å². The number of rotatable bonds is 0. The predicted molar refractivity (Wildman–Crippen MR) is 34.0 cm³/mol. The van der Waals surface area contributed by atoms with Gasteiger partial charge < -0.3 is 5.32 Å². The Morgan fingerprint density at radius 2 is 2.43 bits per heavy atom. The fourth-order valence-corrected chi connectivity index (χ4v) is 1.18. The lowest BCUT2D eigenvalue weighted by Crippen LogP contribution is -2.20. The molecule has 0 unspecified atom stereocenters. The smallest absolute Gasteiger partial charge is 0.0789 e. The van der Waals surface area contributed by atoms with Crippen LogP contribution < -0.4 is 5.32 Å². The van der Waals surface area contributed by atoms with E-state index in [0.717, 1.165) is 6.54 Å². The van der Waals surface area contributed by atoms with Crippen molar-refractivity contribution in [1.82, 2.24) is 5.32 Å². The molecule has 1 N–H and O–H groups in total. The lowest BCUT2D eigenvalue weighted by atomic mass is 10.2. The molecule has 0 saturated carbocycles. The summed E-state index contributed by atoms with van der Waals surface area (Å²) >= 11 is 1.86. The lowest BCUT2D eigenvalue weighted by Gasteiger charge is -2.11. The van der Waals surface area contributed by atoms with Crippen LogP contribution in [0.5, 0.6) is 0 Å². The van der Waals surface area contributed by atoms with Gasteiger partial charge >= 0.3 is 0 Å². The van der Waals surface area contributed by atoms with Crippen LogP contribution in [0.1, 0.15) is 13.8 Å². The van der Waals surface area contributed by atoms with Crippen LogP contribution in [-0.2, 0) is 0 Å². The van der Waals surface area contributed by atoms with E-state index in [2.05, 4.69) is 25.0 Å². The van der Waals surface area contributed by atoms with E-state index in [1.165, 1.54) is 0 Å². The third-order valence-electron chi connectivity index (χ3n) is 0.989. The summed E-state index contributed by atoms with van der Waals surface area (Å²) in [5, 5.41) is 3.15. The van der Waals surface area contributed by atoms with Gasteiger partial charge in [-0.1, -0.05) is 0 Å². The molecule has 1 aliphatic rings. The Labute approximate surface area is 48.9 Å². The van der Waals surface area contributed by atoms with Gasteiger partial charge in [-0.3, -0.25) is 0 Å². The Bertz CT molecular complexity index is 62.5. The van der Waals surface area contributed by atoms with Crippen molar-refractivity contribution in [2.45, 2.75) is 18.6 Å². The minimum Gasteiger partial charge on any atom is -0.302 e. The molecule has 1 nitrogen and oxygen atoms in total. The monoisotopic (exact) mass is 116 g/mol. The molecular weight excluding hydrogens is 106 g/mol. The summed E-state index contributed by atoms with van der Waals surface area (Å²) in [7, 11) is 0. The van der Waals surface area contributed by atoms with Crippen molar-refractivity contribution in [3.8, 4) is 0 Å². The summed E-state index contributed by atoms with van der Waals surface area (Å²) in [6, 6.07) is 0. The first-order valence-electron chi connectivity index (χ1n) is 2.44. The van der Waals surface area contributed by atoms with Crippen molar-refractivity contribution in [3.63, 3.8) is 0 Å². The number of hydrogen-bond donors (Lipinski definition) is 1. The highest BCUT2D eigenvalue weighted by atomic mass is 32.2. The van der Waals surface area contributed by atoms with Crippen molar-refractivity contribution < 1.29 is 0 Å². The molecular formula is C5H10NS. The summed E-state index contributed by atoms with van der Waals surface area (Å²) in [4.78, 5) is 0. The molecule has 1 radical (unpaired) electrons. The van der Waals surface area contributed by atoms with Crippen molar-refractivity contribution in [3.05, 3.63) is 5.88 Å². The van der Waals surface area contributed by atoms with Gasteiger partial charge in [-0.2, -0.15) is 0 Å². The molecule has 1 fully saturated rings. The van der Waals surface area contributed by atoms with Crippen LogP contribution in [0, 0.1) is 5.88 Å². The average Bonchev–Trinajstić information content (AvgIpc) is 1.84. The maximum Gasteiger partial charge on any atom is 0.0789 e. The van der Waals surface area contributed by atoms with E-state index in [9.17, 15) is 0 Å². The van der Waals surface area contributed by atoms with Gasteiger partial charge in [0.15, 0.2) is 0 Å². The summed E-state index contributed by atoms with van der Waals surface area (Å²) in [5.41, 5.74) is 0. The van der Waals surface area contributed by atoms with Gasteiger partial charge in [0.05, 0.1) is 5.88 Å². The molecule has 1 saturated heterocycles. The Morgan fingerprint density at radius 1 is 1.71 bits per heavy atom. The van der Waals surface area contributed by atoms with Crippen LogP contribution in [0.15, 0.2) is 0 Å². The maximum absolute atomic E-state index is 3.15. The highest BCUT2D eigenvalue weighted by Crippen LogP contribution is 2.29. The third-order valence-corrected chi connectivity index (χ3v) is 2.06. The number of thioether (sulfide) groups is 1. The summed E-state index contributed by atoms with van der Waals surface area (Å²) in [6.07, 6.45) is 0. The molecule has 0 amide bonds. The van der Waals surface area contributed by atoms with Crippen LogP contribution >= 0.6 is 11.8 Å². The minimum absolute atomic E-state index is 0.444. The van der Waals surface area contributed by atoms with Gasteiger partial charge in [-0.25, -0.2) is 0 Å². The van der Waals surface area contributed by atoms with E-state index in [-0.39, 0.29) is 0 Å². The molecule has 0 aliphatic carbocycles. The van der Waals surface area contributed by atoms with Crippen LogP contribution in [0.4, 0.5) is 0 Å². The lowest BCUT2D eigenvalue weighted by molar-refractivity contribution is 0.688. The minimum atomic E-state index is 0.444. The van der Waals surface area contributed by atoms with Crippen LogP contribution in [-0.4, -0.2) is 11.3 Å². The van der Waals surface area contributed by atoms with Gasteiger partial charge in [0.1, 0.15) is 0 Å². The third kappa shape index (κ3) is 1.35. The maximum atomic E-state index is 3.15. The number of nitrogens with one attached hydrogen (secondary N) is 1. The highest BCUT2D eigenvalue weighted by Gasteiger charge is 2.22. The average molecular weight is 116 g/mol. The molecule has 0 spiro atoms. The zero-order chi connectivity index (χ0) is 5.33. The predicted octanol–water partition coefficient (Wildman–Crippen LogP) is 1.22. The van der Waals surface area contributed by atoms with Crippen molar-refractivity contribution in [1.29, 1.82) is 0 Å². The molecule has 0 aromatic heterocycles. The summed E-state index contributed by atoms with van der Waals surface area (Å²) < 4.78 is 0.444. The van der Waals surface area contributed by atoms with E-state index < -0.39 is 0 Å². The Morgan fingerprint density at radius 3 is 2.57 bits per heavy atom. The molecule has 0 atom stereocenters. The molecule has 41 valence electrons. The second-order valence-corrected chi connectivity index (χ2v) is 3.95. The van der Waals surface area contributed by atoms with E-state index in [4.69, 9.17) is 0 Å². The van der Waals surface area contributed by atoms with Gasteiger partial charge in [0.25, 0.3) is 0 Å². The fourth-order valence-electron chi connectivity index (χ4n) is 0.530. The topological polar surface area (TPSA) is 12.0 Å². The Kier molecular flexibility index (Phi) is 1.30. The van der Waals surface area contributed by atoms with Crippen LogP contribution in [0.3, 0.4) is 0 Å². The van der Waals surface area contributed by atoms with Gasteiger partial charge in [0.2, 0.25) is 0 Å². The molecule has 1 heterocycles. The highest BCUT2D eigenvalue weighted by molar-refractivity contribution is 8.02. The van der Waals surface area contributed by atoms with Crippen LogP contribution in [0.25, 0.3) is 0 Å². The van der Waals surface area contributed by atoms with Crippen molar-refractivity contribution in [2.24, 2.45) is 0 Å². The summed E-state index contributed by atoms with van der Waals surface area (Å²) in [5.74, 6) is 2.06. The van der Waals surface area contributed by atoms with Crippen molar-refractivity contribution >= 4 is 11.8 Å². The molecule has 0 aromatic carbocycles. The second-order valence-electron chi connectivity index (χ2n) is 2.38. The first kappa shape index (κ1) is 5.45. The standard InChI is InChI=1S/C5H10NS/c1-5(2)3-6-4-7-5/h4,6H,3H2,1-2H3. The first-order chi connectivity index (χ1) is 3.21. The Hall–Kier alpha value is 0.310. The number of hydrogen-bond acceptors (Lipinski definition) is 2. The molecule has 1 aliphatic heterocycles. The van der Waals surface area contributed by atoms with Gasteiger partial charge in [-0.15, -0.1) is 11.8 Å². The first-order valence-corrected chi connectivity index (χ1v) is 3.32. The molecule has 7 heavy (non-hydrogen) atoms. The zero-order valence-electron chi connectivity index (χ0n) is 4.69. The molecule has 0 aromatic rings. The normalized spacial score (nSPS) is 28.3. The molecule has 2 heteroatoms. The second kappa shape index (κ2) is 1.67. The Balaban J connectivity index is 2.40.